The first-order valence-corrected chi connectivity index (χ1v) is 12.3. The maximum atomic E-state index is 12.5. The number of aliphatic hydroxyl groups excluding tert-OH is 1. The van der Waals surface area contributed by atoms with Crippen molar-refractivity contribution in [3.05, 3.63) is 0 Å². The van der Waals surface area contributed by atoms with Gasteiger partial charge in [0.05, 0.1) is 36.1 Å². The zero-order valence-corrected chi connectivity index (χ0v) is 20.4. The molecule has 1 spiro atoms. The number of rotatable bonds is 5. The minimum absolute atomic E-state index is 0.00438. The van der Waals surface area contributed by atoms with Crippen LogP contribution < -0.4 is 0 Å². The van der Waals surface area contributed by atoms with Gasteiger partial charge in [0.2, 0.25) is 0 Å². The van der Waals surface area contributed by atoms with Crippen LogP contribution in [0, 0.1) is 40.4 Å². The van der Waals surface area contributed by atoms with Crippen LogP contribution in [0.1, 0.15) is 33.1 Å². The number of carbonyl (C=O) groups excluding carboxylic acids is 1. The molecule has 0 amide bonds. The Morgan fingerprint density at radius 2 is 1.82 bits per heavy atom. The van der Waals surface area contributed by atoms with E-state index in [1.807, 2.05) is 6.21 Å². The molecule has 184 valence electrons. The van der Waals surface area contributed by atoms with Gasteiger partial charge in [-0.15, -0.1) is 0 Å². The molecule has 8 heteroatoms. The number of carbonyl (C=O) groups is 1. The molecule has 0 aromatic heterocycles. The summed E-state index contributed by atoms with van der Waals surface area (Å²) in [6, 6.07) is -0.106. The Morgan fingerprint density at radius 1 is 1.06 bits per heavy atom. The normalized spacial score (nSPS) is 59.5. The Hall–Kier alpha value is -1.06. The Morgan fingerprint density at radius 3 is 2.42 bits per heavy atom. The molecule has 1 aliphatic heterocycles. The molecule has 0 radical (unpaired) electrons. The summed E-state index contributed by atoms with van der Waals surface area (Å²) in [7, 11) is 7.08. The van der Waals surface area contributed by atoms with Crippen LogP contribution in [0.15, 0.2) is 4.99 Å². The summed E-state index contributed by atoms with van der Waals surface area (Å²) in [4.78, 5) is 17.7. The minimum Gasteiger partial charge on any atom is -0.462 e. The molecule has 14 atom stereocenters. The van der Waals surface area contributed by atoms with E-state index in [9.17, 15) is 9.90 Å². The largest absolute Gasteiger partial charge is 0.462 e. The van der Waals surface area contributed by atoms with Crippen molar-refractivity contribution in [2.45, 2.75) is 75.3 Å². The number of ether oxygens (including phenoxy) is 5. The fraction of sp³-hybridized carbons (Fsp3) is 0.920. The van der Waals surface area contributed by atoms with Gasteiger partial charge in [0.15, 0.2) is 0 Å². The average Bonchev–Trinajstić information content (AvgIpc) is 3.21. The predicted octanol–water partition coefficient (Wildman–Crippen LogP) is 1.47. The molecule has 0 saturated heterocycles. The first kappa shape index (κ1) is 22.4. The van der Waals surface area contributed by atoms with E-state index in [1.165, 1.54) is 6.92 Å². The van der Waals surface area contributed by atoms with E-state index in [-0.39, 0.29) is 65.3 Å². The lowest BCUT2D eigenvalue weighted by Crippen LogP contribution is -2.72. The summed E-state index contributed by atoms with van der Waals surface area (Å²) >= 11 is 0. The van der Waals surface area contributed by atoms with Crippen molar-refractivity contribution < 1.29 is 33.6 Å². The molecule has 6 aliphatic rings. The highest BCUT2D eigenvalue weighted by Gasteiger charge is 2.86. The van der Waals surface area contributed by atoms with E-state index in [0.717, 1.165) is 12.8 Å². The van der Waals surface area contributed by atoms with Crippen molar-refractivity contribution in [2.24, 2.45) is 45.4 Å². The second kappa shape index (κ2) is 7.00. The maximum absolute atomic E-state index is 12.5. The molecule has 33 heavy (non-hydrogen) atoms. The van der Waals surface area contributed by atoms with Gasteiger partial charge in [-0.2, -0.15) is 0 Å². The molecular formula is C25H37NO7. The predicted molar refractivity (Wildman–Crippen MR) is 118 cm³/mol. The fourth-order valence-electron chi connectivity index (χ4n) is 10.3. The van der Waals surface area contributed by atoms with Gasteiger partial charge < -0.3 is 28.8 Å². The standard InChI is InChI=1S/C25H37NO7/c1-11(27)33-20-18-22-25(16(30-4)8-15(28)23(2,10-26-22)21(20)25)13-7-12-14(29-3)9-24(18,32-6)17(13)19(12)31-5/h10,12-22,28H,7-9H2,1-6H3. The van der Waals surface area contributed by atoms with Crippen LogP contribution in [0.5, 0.6) is 0 Å². The summed E-state index contributed by atoms with van der Waals surface area (Å²) < 4.78 is 31.2. The van der Waals surface area contributed by atoms with Gasteiger partial charge in [0.25, 0.3) is 0 Å². The molecule has 1 N–H and O–H groups in total. The number of aliphatic imine (C=N–C) groups is 1. The second-order valence-electron chi connectivity index (χ2n) is 11.5. The second-order valence-corrected chi connectivity index (χ2v) is 11.5. The van der Waals surface area contributed by atoms with Crippen LogP contribution in [-0.2, 0) is 28.5 Å². The molecule has 0 aromatic rings. The first-order valence-electron chi connectivity index (χ1n) is 12.3. The van der Waals surface area contributed by atoms with Crippen LogP contribution in [-0.4, -0.2) is 87.9 Å². The zero-order valence-electron chi connectivity index (χ0n) is 20.4. The molecule has 5 saturated carbocycles. The van der Waals surface area contributed by atoms with E-state index in [4.69, 9.17) is 28.7 Å². The molecule has 8 nitrogen and oxygen atoms in total. The summed E-state index contributed by atoms with van der Waals surface area (Å²) in [6.45, 7) is 3.56. The lowest BCUT2D eigenvalue weighted by Gasteiger charge is -2.65. The Bertz CT molecular complexity index is 881. The monoisotopic (exact) mass is 463 g/mol. The number of hydrogen-bond donors (Lipinski definition) is 1. The lowest BCUT2D eigenvalue weighted by molar-refractivity contribution is -0.250. The van der Waals surface area contributed by atoms with Gasteiger partial charge in [-0.25, -0.2) is 0 Å². The van der Waals surface area contributed by atoms with E-state index < -0.39 is 23.2 Å². The number of fused-ring (bicyclic) bond motifs is 2. The fourth-order valence-corrected chi connectivity index (χ4v) is 10.3. The van der Waals surface area contributed by atoms with Crippen molar-refractivity contribution in [1.82, 2.24) is 0 Å². The summed E-state index contributed by atoms with van der Waals surface area (Å²) in [6.07, 6.45) is 2.91. The highest BCUT2D eigenvalue weighted by atomic mass is 16.6. The third-order valence-corrected chi connectivity index (χ3v) is 11.0. The topological polar surface area (TPSA) is 95.8 Å². The third kappa shape index (κ3) is 2.27. The zero-order chi connectivity index (χ0) is 23.5. The first-order chi connectivity index (χ1) is 15.8. The molecule has 14 unspecified atom stereocenters. The van der Waals surface area contributed by atoms with E-state index in [2.05, 4.69) is 6.92 Å². The SMILES string of the molecule is COC1CC2(OC)C3C(OC)C1CC3C13C(OC)CC(O)C4(C)C=NC1C2C(OC(C)=O)C43. The minimum atomic E-state index is -0.624. The van der Waals surface area contributed by atoms with Gasteiger partial charge in [0, 0.05) is 88.9 Å². The number of esters is 1. The molecule has 0 aromatic carbocycles. The highest BCUT2D eigenvalue weighted by Crippen LogP contribution is 2.79. The molecular weight excluding hydrogens is 426 g/mol. The average molecular weight is 464 g/mol. The molecule has 6 rings (SSSR count). The Balaban J connectivity index is 1.65. The van der Waals surface area contributed by atoms with Crippen LogP contribution in [0.3, 0.4) is 0 Å². The Kier molecular flexibility index (Phi) is 4.75. The van der Waals surface area contributed by atoms with Crippen molar-refractivity contribution in [3.8, 4) is 0 Å². The quantitative estimate of drug-likeness (QED) is 0.617. The van der Waals surface area contributed by atoms with Gasteiger partial charge in [-0.1, -0.05) is 6.92 Å². The van der Waals surface area contributed by atoms with Gasteiger partial charge >= 0.3 is 5.97 Å². The van der Waals surface area contributed by atoms with Crippen molar-refractivity contribution in [2.75, 3.05) is 28.4 Å². The number of nitrogens with zero attached hydrogens (tertiary/aromatic N) is 1. The third-order valence-electron chi connectivity index (χ3n) is 11.0. The van der Waals surface area contributed by atoms with Crippen LogP contribution in [0.25, 0.3) is 0 Å². The number of hydrogen-bond acceptors (Lipinski definition) is 8. The summed E-state index contributed by atoms with van der Waals surface area (Å²) in [5.74, 6) is 0.0196. The smallest absolute Gasteiger partial charge is 0.302 e. The summed E-state index contributed by atoms with van der Waals surface area (Å²) in [5, 5.41) is 11.4. The van der Waals surface area contributed by atoms with Crippen molar-refractivity contribution >= 4 is 12.2 Å². The lowest BCUT2D eigenvalue weighted by atomic mass is 9.44. The van der Waals surface area contributed by atoms with Crippen molar-refractivity contribution in [1.29, 1.82) is 0 Å². The van der Waals surface area contributed by atoms with E-state index in [1.54, 1.807) is 28.4 Å². The van der Waals surface area contributed by atoms with E-state index >= 15 is 0 Å². The van der Waals surface area contributed by atoms with Gasteiger partial charge in [-0.3, -0.25) is 9.79 Å². The van der Waals surface area contributed by atoms with Gasteiger partial charge in [0.1, 0.15) is 6.10 Å². The van der Waals surface area contributed by atoms with Crippen molar-refractivity contribution in [3.63, 3.8) is 0 Å². The summed E-state index contributed by atoms with van der Waals surface area (Å²) in [5.41, 5.74) is -1.56. The van der Waals surface area contributed by atoms with E-state index in [0.29, 0.717) is 6.42 Å². The Labute approximate surface area is 195 Å². The number of methoxy groups -OCH3 is 4. The van der Waals surface area contributed by atoms with Crippen LogP contribution >= 0.6 is 0 Å². The molecule has 5 aliphatic carbocycles. The molecule has 7 bridgehead atoms. The van der Waals surface area contributed by atoms with Crippen LogP contribution in [0.2, 0.25) is 0 Å². The maximum Gasteiger partial charge on any atom is 0.302 e. The number of aliphatic hydroxyl groups is 1. The molecule has 5 fully saturated rings. The van der Waals surface area contributed by atoms with Crippen LogP contribution in [0.4, 0.5) is 0 Å². The molecule has 1 heterocycles. The highest BCUT2D eigenvalue weighted by molar-refractivity contribution is 5.72. The van der Waals surface area contributed by atoms with Gasteiger partial charge in [-0.05, 0) is 12.3 Å².